The highest BCUT2D eigenvalue weighted by Gasteiger charge is 2.27. The number of hydrogen-bond donors (Lipinski definition) is 0. The van der Waals surface area contributed by atoms with E-state index < -0.39 is 15.8 Å². The molecule has 3 aromatic carbocycles. The van der Waals surface area contributed by atoms with Crippen LogP contribution in [0.5, 0.6) is 17.2 Å². The van der Waals surface area contributed by atoms with Gasteiger partial charge in [-0.15, -0.1) is 0 Å². The average molecular weight is 572 g/mol. The van der Waals surface area contributed by atoms with E-state index >= 15 is 0 Å². The number of carbonyl (C=O) groups is 1. The Labute approximate surface area is 234 Å². The molecule has 214 valence electrons. The van der Waals surface area contributed by atoms with Crippen LogP contribution in [0.4, 0.5) is 10.1 Å². The van der Waals surface area contributed by atoms with Crippen molar-refractivity contribution in [3.05, 3.63) is 77.6 Å². The molecule has 0 bridgehead atoms. The van der Waals surface area contributed by atoms with Crippen molar-refractivity contribution in [1.29, 1.82) is 0 Å². The van der Waals surface area contributed by atoms with Crippen LogP contribution in [0.15, 0.2) is 65.6 Å². The molecule has 0 radical (unpaired) electrons. The Morgan fingerprint density at radius 1 is 0.875 bits per heavy atom. The number of hydrogen-bond acceptors (Lipinski definition) is 7. The van der Waals surface area contributed by atoms with E-state index in [0.717, 1.165) is 5.56 Å². The predicted molar refractivity (Wildman–Crippen MR) is 151 cm³/mol. The number of piperazine rings is 1. The fourth-order valence-electron chi connectivity index (χ4n) is 4.65. The zero-order valence-electron chi connectivity index (χ0n) is 23.1. The quantitative estimate of drug-likeness (QED) is 0.367. The van der Waals surface area contributed by atoms with Crippen LogP contribution in [0.3, 0.4) is 0 Å². The van der Waals surface area contributed by atoms with Gasteiger partial charge in [-0.25, -0.2) is 17.1 Å². The number of carbonyl (C=O) groups excluding carboxylic acids is 1. The molecule has 1 aliphatic heterocycles. The Morgan fingerprint density at radius 3 is 2.20 bits per heavy atom. The summed E-state index contributed by atoms with van der Waals surface area (Å²) >= 11 is 0. The number of rotatable bonds is 10. The van der Waals surface area contributed by atoms with Gasteiger partial charge in [-0.05, 0) is 60.5 Å². The molecule has 40 heavy (non-hydrogen) atoms. The molecule has 0 spiro atoms. The minimum Gasteiger partial charge on any atom is -0.495 e. The van der Waals surface area contributed by atoms with Gasteiger partial charge in [0.1, 0.15) is 11.6 Å². The third-order valence-corrected chi connectivity index (χ3v) is 8.85. The molecular formula is C29H34FN3O6S. The molecule has 1 aliphatic rings. The van der Waals surface area contributed by atoms with Crippen LogP contribution in [-0.4, -0.2) is 84.6 Å². The van der Waals surface area contributed by atoms with Crippen LogP contribution < -0.4 is 19.1 Å². The molecule has 0 unspecified atom stereocenters. The van der Waals surface area contributed by atoms with Gasteiger partial charge < -0.3 is 24.0 Å². The standard InChI is InChI=1S/C29H34FN3O6S/c1-31(13-12-21-8-10-27(38-3)28(18-21)39-4)40(35,36)24-9-11-26(37-2)25(20-24)32-14-16-33(17-15-32)29(34)22-6-5-7-23(30)19-22/h5-11,18-20H,12-17H2,1-4H3. The molecule has 11 heteroatoms. The highest BCUT2D eigenvalue weighted by molar-refractivity contribution is 7.89. The number of halogens is 1. The lowest BCUT2D eigenvalue weighted by atomic mass is 10.1. The van der Waals surface area contributed by atoms with Crippen LogP contribution >= 0.6 is 0 Å². The highest BCUT2D eigenvalue weighted by atomic mass is 32.2. The minimum absolute atomic E-state index is 0.149. The monoisotopic (exact) mass is 571 g/mol. The van der Waals surface area contributed by atoms with Gasteiger partial charge in [0.2, 0.25) is 10.0 Å². The van der Waals surface area contributed by atoms with Crippen molar-refractivity contribution in [1.82, 2.24) is 9.21 Å². The van der Waals surface area contributed by atoms with E-state index in [1.807, 2.05) is 17.0 Å². The van der Waals surface area contributed by atoms with E-state index in [4.69, 9.17) is 14.2 Å². The Hall–Kier alpha value is -3.83. The molecule has 9 nitrogen and oxygen atoms in total. The summed E-state index contributed by atoms with van der Waals surface area (Å²) in [5.74, 6) is 1.04. The predicted octanol–water partition coefficient (Wildman–Crippen LogP) is 3.68. The Morgan fingerprint density at radius 2 is 1.55 bits per heavy atom. The second kappa shape index (κ2) is 12.6. The molecule has 0 aliphatic carbocycles. The first-order valence-corrected chi connectivity index (χ1v) is 14.3. The molecule has 1 amide bonds. The second-order valence-corrected chi connectivity index (χ2v) is 11.4. The third kappa shape index (κ3) is 6.31. The fraction of sp³-hybridized carbons (Fsp3) is 0.345. The average Bonchev–Trinajstić information content (AvgIpc) is 2.98. The summed E-state index contributed by atoms with van der Waals surface area (Å²) in [5.41, 5.74) is 1.85. The second-order valence-electron chi connectivity index (χ2n) is 9.39. The number of likely N-dealkylation sites (N-methyl/N-ethyl adjacent to an activating group) is 1. The molecule has 0 N–H and O–H groups in total. The van der Waals surface area contributed by atoms with Gasteiger partial charge in [-0.3, -0.25) is 4.79 Å². The summed E-state index contributed by atoms with van der Waals surface area (Å²) in [7, 11) is 2.41. The van der Waals surface area contributed by atoms with Gasteiger partial charge >= 0.3 is 0 Å². The number of benzene rings is 3. The fourth-order valence-corrected chi connectivity index (χ4v) is 5.85. The highest BCUT2D eigenvalue weighted by Crippen LogP contribution is 2.33. The summed E-state index contributed by atoms with van der Waals surface area (Å²) in [6, 6.07) is 16.0. The molecule has 4 rings (SSSR count). The SMILES string of the molecule is COc1ccc(CCN(C)S(=O)(=O)c2ccc(OC)c(N3CCN(C(=O)c4cccc(F)c4)CC3)c2)cc1OC. The van der Waals surface area contributed by atoms with E-state index in [-0.39, 0.29) is 17.3 Å². The minimum atomic E-state index is -3.79. The first-order chi connectivity index (χ1) is 19.2. The number of amides is 1. The Kier molecular flexibility index (Phi) is 9.16. The van der Waals surface area contributed by atoms with Crippen molar-refractivity contribution in [2.75, 3.05) is 66.0 Å². The van der Waals surface area contributed by atoms with E-state index in [1.165, 1.54) is 35.7 Å². The summed E-state index contributed by atoms with van der Waals surface area (Å²) < 4.78 is 58.0. The van der Waals surface area contributed by atoms with Crippen LogP contribution in [0.1, 0.15) is 15.9 Å². The summed E-state index contributed by atoms with van der Waals surface area (Å²) in [6.07, 6.45) is 0.487. The number of anilines is 1. The first kappa shape index (κ1) is 29.2. The summed E-state index contributed by atoms with van der Waals surface area (Å²) in [4.78, 5) is 16.6. The lowest BCUT2D eigenvalue weighted by Crippen LogP contribution is -2.49. The zero-order chi connectivity index (χ0) is 28.9. The maximum atomic E-state index is 13.6. The molecule has 0 atom stereocenters. The van der Waals surface area contributed by atoms with E-state index in [1.54, 1.807) is 50.4 Å². The van der Waals surface area contributed by atoms with Crippen LogP contribution in [-0.2, 0) is 16.4 Å². The molecule has 1 saturated heterocycles. The lowest BCUT2D eigenvalue weighted by molar-refractivity contribution is 0.0746. The molecule has 1 heterocycles. The maximum absolute atomic E-state index is 13.6. The number of nitrogens with zero attached hydrogens (tertiary/aromatic N) is 3. The smallest absolute Gasteiger partial charge is 0.254 e. The maximum Gasteiger partial charge on any atom is 0.254 e. The lowest BCUT2D eigenvalue weighted by Gasteiger charge is -2.37. The molecular weight excluding hydrogens is 537 g/mol. The number of methoxy groups -OCH3 is 3. The Balaban J connectivity index is 1.46. The molecule has 0 aromatic heterocycles. The van der Waals surface area contributed by atoms with Gasteiger partial charge in [0.25, 0.3) is 5.91 Å². The largest absolute Gasteiger partial charge is 0.495 e. The van der Waals surface area contributed by atoms with Gasteiger partial charge in [0.05, 0.1) is 31.9 Å². The van der Waals surface area contributed by atoms with Gasteiger partial charge in [-0.2, -0.15) is 0 Å². The van der Waals surface area contributed by atoms with E-state index in [0.29, 0.717) is 61.1 Å². The topological polar surface area (TPSA) is 88.6 Å². The van der Waals surface area contributed by atoms with E-state index in [2.05, 4.69) is 0 Å². The zero-order valence-corrected chi connectivity index (χ0v) is 23.9. The summed E-state index contributed by atoms with van der Waals surface area (Å²) in [5, 5.41) is 0. The van der Waals surface area contributed by atoms with Crippen molar-refractivity contribution < 1.29 is 31.8 Å². The van der Waals surface area contributed by atoms with Crippen LogP contribution in [0.2, 0.25) is 0 Å². The van der Waals surface area contributed by atoms with E-state index in [9.17, 15) is 17.6 Å². The van der Waals surface area contributed by atoms with Gasteiger partial charge in [-0.1, -0.05) is 12.1 Å². The summed E-state index contributed by atoms with van der Waals surface area (Å²) in [6.45, 7) is 2.01. The van der Waals surface area contributed by atoms with Crippen LogP contribution in [0.25, 0.3) is 0 Å². The molecule has 0 saturated carbocycles. The first-order valence-electron chi connectivity index (χ1n) is 12.8. The van der Waals surface area contributed by atoms with Gasteiger partial charge in [0.15, 0.2) is 11.5 Å². The van der Waals surface area contributed by atoms with Crippen molar-refractivity contribution in [2.45, 2.75) is 11.3 Å². The molecule has 1 fully saturated rings. The Bertz CT molecular complexity index is 1460. The van der Waals surface area contributed by atoms with Crippen LogP contribution in [0, 0.1) is 5.82 Å². The molecule has 3 aromatic rings. The van der Waals surface area contributed by atoms with Crippen molar-refractivity contribution in [2.24, 2.45) is 0 Å². The third-order valence-electron chi connectivity index (χ3n) is 7.00. The number of ether oxygens (including phenoxy) is 3. The normalized spacial score (nSPS) is 13.8. The van der Waals surface area contributed by atoms with Crippen molar-refractivity contribution >= 4 is 21.6 Å². The van der Waals surface area contributed by atoms with Crippen molar-refractivity contribution in [3.8, 4) is 17.2 Å². The number of sulfonamides is 1. The van der Waals surface area contributed by atoms with Gasteiger partial charge in [0, 0.05) is 45.3 Å². The van der Waals surface area contributed by atoms with Crippen molar-refractivity contribution in [3.63, 3.8) is 0 Å².